The highest BCUT2D eigenvalue weighted by atomic mass is 31.0. The number of hydrogen-bond donors (Lipinski definition) is 0. The summed E-state index contributed by atoms with van der Waals surface area (Å²) in [5.41, 5.74) is 0. The van der Waals surface area contributed by atoms with Crippen LogP contribution in [0, 0.1) is 0 Å². The molecule has 1 nitrogen and oxygen atoms in total. The second kappa shape index (κ2) is 2.23. The van der Waals surface area contributed by atoms with Crippen LogP contribution in [0.2, 0.25) is 0 Å². The molecule has 1 rings (SSSR count). The third-order valence-corrected chi connectivity index (χ3v) is 1.43. The lowest BCUT2D eigenvalue weighted by atomic mass is 10.2. The smallest absolute Gasteiger partial charge is 0.159 e. The van der Waals surface area contributed by atoms with E-state index in [9.17, 15) is 4.79 Å². The van der Waals surface area contributed by atoms with Gasteiger partial charge in [-0.15, -0.1) is 9.24 Å². The molecule has 0 aromatic carbocycles. The molecule has 0 fully saturated rings. The molecular weight excluding hydrogens is 119 g/mol. The SMILES string of the molecule is O=C1C=CC(P)=CC1. The molecule has 0 saturated carbocycles. The Kier molecular flexibility index (Phi) is 1.59. The number of rotatable bonds is 0. The van der Waals surface area contributed by atoms with Crippen molar-refractivity contribution in [2.45, 2.75) is 6.42 Å². The molecule has 0 aromatic heterocycles. The fraction of sp³-hybridized carbons (Fsp3) is 0.167. The fourth-order valence-corrected chi connectivity index (χ4v) is 0.758. The molecule has 1 aliphatic rings. The van der Waals surface area contributed by atoms with E-state index in [4.69, 9.17) is 0 Å². The molecule has 8 heavy (non-hydrogen) atoms. The van der Waals surface area contributed by atoms with Gasteiger partial charge >= 0.3 is 0 Å². The summed E-state index contributed by atoms with van der Waals surface area (Å²) in [5, 5.41) is 1.10. The van der Waals surface area contributed by atoms with Gasteiger partial charge in [0.1, 0.15) is 0 Å². The fourth-order valence-electron chi connectivity index (χ4n) is 0.544. The summed E-state index contributed by atoms with van der Waals surface area (Å²) in [6.45, 7) is 0. The van der Waals surface area contributed by atoms with E-state index in [0.29, 0.717) is 6.42 Å². The van der Waals surface area contributed by atoms with Gasteiger partial charge in [-0.05, 0) is 11.4 Å². The highest BCUT2D eigenvalue weighted by molar-refractivity contribution is 7.22. The summed E-state index contributed by atoms with van der Waals surface area (Å²) < 4.78 is 0. The number of hydrogen-bond acceptors (Lipinski definition) is 1. The number of carbonyl (C=O) groups is 1. The van der Waals surface area contributed by atoms with Gasteiger partial charge in [0, 0.05) is 6.42 Å². The minimum atomic E-state index is 0.191. The lowest BCUT2D eigenvalue weighted by Gasteiger charge is -1.96. The van der Waals surface area contributed by atoms with Crippen molar-refractivity contribution < 1.29 is 4.79 Å². The quantitative estimate of drug-likeness (QED) is 0.447. The van der Waals surface area contributed by atoms with E-state index in [1.807, 2.05) is 6.08 Å². The Morgan fingerprint density at radius 1 is 1.50 bits per heavy atom. The van der Waals surface area contributed by atoms with Gasteiger partial charge in [0.25, 0.3) is 0 Å². The van der Waals surface area contributed by atoms with Crippen LogP contribution < -0.4 is 0 Å². The first-order valence-corrected chi connectivity index (χ1v) is 3.03. The first kappa shape index (κ1) is 5.71. The Morgan fingerprint density at radius 2 is 2.25 bits per heavy atom. The molecule has 0 aromatic rings. The van der Waals surface area contributed by atoms with Crippen LogP contribution >= 0.6 is 9.24 Å². The van der Waals surface area contributed by atoms with Crippen LogP contribution in [0.5, 0.6) is 0 Å². The van der Waals surface area contributed by atoms with Crippen LogP contribution in [0.15, 0.2) is 23.5 Å². The molecule has 0 heterocycles. The second-order valence-electron chi connectivity index (χ2n) is 1.71. The predicted molar refractivity (Wildman–Crippen MR) is 36.6 cm³/mol. The Hall–Kier alpha value is -0.420. The van der Waals surface area contributed by atoms with E-state index in [-0.39, 0.29) is 5.78 Å². The van der Waals surface area contributed by atoms with Crippen LogP contribution in [-0.2, 0) is 4.79 Å². The van der Waals surface area contributed by atoms with E-state index in [1.54, 1.807) is 12.2 Å². The maximum atomic E-state index is 10.5. The summed E-state index contributed by atoms with van der Waals surface area (Å²) in [5.74, 6) is 0.191. The topological polar surface area (TPSA) is 17.1 Å². The summed E-state index contributed by atoms with van der Waals surface area (Å²) >= 11 is 0. The maximum Gasteiger partial charge on any atom is 0.159 e. The van der Waals surface area contributed by atoms with Crippen LogP contribution in [0.1, 0.15) is 6.42 Å². The third-order valence-electron chi connectivity index (χ3n) is 1.00. The van der Waals surface area contributed by atoms with Crippen molar-refractivity contribution in [1.29, 1.82) is 0 Å². The summed E-state index contributed by atoms with van der Waals surface area (Å²) in [6.07, 6.45) is 5.86. The summed E-state index contributed by atoms with van der Waals surface area (Å²) in [6, 6.07) is 0. The average molecular weight is 126 g/mol. The minimum Gasteiger partial charge on any atom is -0.295 e. The lowest BCUT2D eigenvalue weighted by Crippen LogP contribution is -1.92. The molecular formula is C6H7OP. The molecule has 0 N–H and O–H groups in total. The Labute approximate surface area is 50.7 Å². The van der Waals surface area contributed by atoms with Crippen LogP contribution in [-0.4, -0.2) is 5.78 Å². The van der Waals surface area contributed by atoms with Crippen molar-refractivity contribution in [3.8, 4) is 0 Å². The van der Waals surface area contributed by atoms with Crippen molar-refractivity contribution in [1.82, 2.24) is 0 Å². The standard InChI is InChI=1S/C6H7OP/c7-5-1-3-6(8)4-2-5/h1,3-4H,2,8H2. The minimum absolute atomic E-state index is 0.191. The van der Waals surface area contributed by atoms with Gasteiger partial charge in [0.05, 0.1) is 0 Å². The highest BCUT2D eigenvalue weighted by Gasteiger charge is 1.97. The monoisotopic (exact) mass is 126 g/mol. The van der Waals surface area contributed by atoms with Crippen molar-refractivity contribution in [3.63, 3.8) is 0 Å². The van der Waals surface area contributed by atoms with E-state index < -0.39 is 0 Å². The van der Waals surface area contributed by atoms with Crippen LogP contribution in [0.3, 0.4) is 0 Å². The Bertz CT molecular complexity index is 165. The number of carbonyl (C=O) groups excluding carboxylic acids is 1. The van der Waals surface area contributed by atoms with Gasteiger partial charge in [-0.25, -0.2) is 0 Å². The van der Waals surface area contributed by atoms with Crippen molar-refractivity contribution in [3.05, 3.63) is 23.5 Å². The Balaban J connectivity index is 2.71. The van der Waals surface area contributed by atoms with Crippen LogP contribution in [0.25, 0.3) is 0 Å². The molecule has 1 unspecified atom stereocenters. The summed E-state index contributed by atoms with van der Waals surface area (Å²) in [4.78, 5) is 10.5. The number of ketones is 1. The highest BCUT2D eigenvalue weighted by Crippen LogP contribution is 2.12. The van der Waals surface area contributed by atoms with Crippen molar-refractivity contribution >= 4 is 15.0 Å². The Morgan fingerprint density at radius 3 is 2.62 bits per heavy atom. The van der Waals surface area contributed by atoms with Gasteiger partial charge in [0.15, 0.2) is 5.78 Å². The molecule has 0 bridgehead atoms. The van der Waals surface area contributed by atoms with Gasteiger partial charge in [-0.1, -0.05) is 12.2 Å². The van der Waals surface area contributed by atoms with E-state index in [0.717, 1.165) is 5.31 Å². The normalized spacial score (nSPS) is 18.6. The second-order valence-corrected chi connectivity index (χ2v) is 2.37. The zero-order valence-electron chi connectivity index (χ0n) is 4.42. The molecule has 0 radical (unpaired) electrons. The molecule has 2 heteroatoms. The first-order valence-electron chi connectivity index (χ1n) is 2.45. The maximum absolute atomic E-state index is 10.5. The molecule has 0 spiro atoms. The predicted octanol–water partition coefficient (Wildman–Crippen LogP) is 1.27. The van der Waals surface area contributed by atoms with Crippen LogP contribution in [0.4, 0.5) is 0 Å². The zero-order chi connectivity index (χ0) is 5.98. The molecule has 1 aliphatic carbocycles. The zero-order valence-corrected chi connectivity index (χ0v) is 5.58. The van der Waals surface area contributed by atoms with E-state index >= 15 is 0 Å². The van der Waals surface area contributed by atoms with E-state index in [1.165, 1.54) is 0 Å². The molecule has 0 amide bonds. The largest absolute Gasteiger partial charge is 0.295 e. The summed E-state index contributed by atoms with van der Waals surface area (Å²) in [7, 11) is 2.54. The average Bonchev–Trinajstić information content (AvgIpc) is 1.77. The molecule has 1 atom stereocenters. The van der Waals surface area contributed by atoms with Gasteiger partial charge in [-0.2, -0.15) is 0 Å². The lowest BCUT2D eigenvalue weighted by molar-refractivity contribution is -0.113. The van der Waals surface area contributed by atoms with Crippen molar-refractivity contribution in [2.75, 3.05) is 0 Å². The molecule has 0 aliphatic heterocycles. The molecule has 0 saturated heterocycles. The van der Waals surface area contributed by atoms with E-state index in [2.05, 4.69) is 9.24 Å². The van der Waals surface area contributed by atoms with Gasteiger partial charge < -0.3 is 0 Å². The van der Waals surface area contributed by atoms with Gasteiger partial charge in [0.2, 0.25) is 0 Å². The number of allylic oxidation sites excluding steroid dienone is 4. The van der Waals surface area contributed by atoms with Gasteiger partial charge in [-0.3, -0.25) is 4.79 Å². The first-order chi connectivity index (χ1) is 3.79. The molecule has 42 valence electrons. The van der Waals surface area contributed by atoms with Crippen molar-refractivity contribution in [2.24, 2.45) is 0 Å². The third kappa shape index (κ3) is 1.28.